The third kappa shape index (κ3) is 15.1. The zero-order valence-electron chi connectivity index (χ0n) is 30.7. The summed E-state index contributed by atoms with van der Waals surface area (Å²) >= 11 is 0.188. The van der Waals surface area contributed by atoms with Gasteiger partial charge in [-0.1, -0.05) is 12.1 Å². The molecule has 0 spiro atoms. The van der Waals surface area contributed by atoms with Crippen molar-refractivity contribution in [3.63, 3.8) is 0 Å². The number of aliphatic hydroxyl groups excluding tert-OH is 1. The van der Waals surface area contributed by atoms with Gasteiger partial charge in [-0.15, -0.1) is 5.11 Å². The van der Waals surface area contributed by atoms with E-state index in [2.05, 4.69) is 45.2 Å². The number of carboxylic acid groups (broad SMARTS) is 3. The number of rotatable bonds is 16. The topological polar surface area (TPSA) is 350 Å². The van der Waals surface area contributed by atoms with Crippen LogP contribution in [0.2, 0.25) is 0 Å². The van der Waals surface area contributed by atoms with Crippen LogP contribution < -0.4 is 184 Å². The summed E-state index contributed by atoms with van der Waals surface area (Å²) in [5.41, 5.74) is -1.19. The SMILES string of the molecule is CC(Nc1nc(Nc2cc(S(=O)(=O)[O-])cc3cc(SOO[O-])c(N=Nc4cccc(C(=O)[O-])c4)c(O)c23)nc(N(CO)C(C)C(=O)[O-])n1)C(=O)[O-].[Na+].[Na+].[Na+].[Na+].[Na+]. The van der Waals surface area contributed by atoms with Crippen LogP contribution in [0.5, 0.6) is 5.75 Å². The molecule has 0 aliphatic carbocycles. The molecule has 2 unspecified atom stereocenters. The molecule has 4 rings (SSSR count). The minimum atomic E-state index is -5.23. The Labute approximate surface area is 431 Å². The van der Waals surface area contributed by atoms with Crippen LogP contribution in [0.4, 0.5) is 34.9 Å². The quantitative estimate of drug-likeness (QED) is 0.0155. The molecule has 0 bridgehead atoms. The number of phenolic OH excluding ortho intramolecular Hbond substituents is 1. The number of aliphatic hydroxyl groups is 1. The Bertz CT molecular complexity index is 2160. The fourth-order valence-electron chi connectivity index (χ4n) is 4.19. The van der Waals surface area contributed by atoms with Crippen LogP contribution in [0, 0.1) is 0 Å². The molecule has 22 nitrogen and oxygen atoms in total. The van der Waals surface area contributed by atoms with Gasteiger partial charge in [0.25, 0.3) is 0 Å². The van der Waals surface area contributed by atoms with E-state index in [0.717, 1.165) is 38.1 Å². The number of nitrogens with zero attached hydrogens (tertiary/aromatic N) is 6. The van der Waals surface area contributed by atoms with Gasteiger partial charge in [-0.2, -0.15) is 24.4 Å². The van der Waals surface area contributed by atoms with Crippen LogP contribution >= 0.6 is 12.0 Å². The Morgan fingerprint density at radius 2 is 1.59 bits per heavy atom. The average Bonchev–Trinajstić information content (AvgIpc) is 3.06. The van der Waals surface area contributed by atoms with E-state index >= 15 is 0 Å². The first-order valence-electron chi connectivity index (χ1n) is 13.8. The van der Waals surface area contributed by atoms with E-state index in [1.807, 2.05) is 0 Å². The van der Waals surface area contributed by atoms with Crippen LogP contribution in [-0.2, 0) is 29.1 Å². The van der Waals surface area contributed by atoms with Gasteiger partial charge in [0, 0.05) is 5.39 Å². The van der Waals surface area contributed by atoms with Crippen molar-refractivity contribution in [3.8, 4) is 5.75 Å². The molecule has 1 heterocycles. The van der Waals surface area contributed by atoms with Crippen molar-refractivity contribution < 1.29 is 215 Å². The molecular formula is C27H21N8Na5O14S2. The predicted molar refractivity (Wildman–Crippen MR) is 162 cm³/mol. The van der Waals surface area contributed by atoms with E-state index in [0.29, 0.717) is 4.90 Å². The number of aromatic carboxylic acids is 1. The van der Waals surface area contributed by atoms with E-state index in [4.69, 9.17) is 0 Å². The normalized spacial score (nSPS) is 11.7. The monoisotopic (exact) mass is 860 g/mol. The fraction of sp³-hybridized carbons (Fsp3) is 0.185. The molecule has 0 fully saturated rings. The van der Waals surface area contributed by atoms with Crippen LogP contribution in [0.3, 0.4) is 0 Å². The molecule has 0 saturated heterocycles. The number of aliphatic carboxylic acids is 2. The number of phenols is 1. The Kier molecular flexibility index (Phi) is 26.4. The summed E-state index contributed by atoms with van der Waals surface area (Å²) in [6.45, 7) is 1.25. The first kappa shape index (κ1) is 57.3. The number of carbonyl (C=O) groups is 3. The van der Waals surface area contributed by atoms with Crippen molar-refractivity contribution in [2.75, 3.05) is 22.3 Å². The summed E-state index contributed by atoms with van der Waals surface area (Å²) < 4.78 is 40.8. The summed E-state index contributed by atoms with van der Waals surface area (Å²) in [5, 5.41) is 81.9. The molecule has 0 saturated carbocycles. The molecule has 0 radical (unpaired) electrons. The number of hydrogen-bond acceptors (Lipinski definition) is 23. The number of azo groups is 1. The maximum absolute atomic E-state index is 12.2. The van der Waals surface area contributed by atoms with Gasteiger partial charge in [-0.3, -0.25) is 5.04 Å². The molecular weight excluding hydrogens is 839 g/mol. The second-order valence-electron chi connectivity index (χ2n) is 10.1. The third-order valence-corrected chi connectivity index (χ3v) is 8.13. The maximum Gasteiger partial charge on any atom is 1.00 e. The number of anilines is 4. The van der Waals surface area contributed by atoms with E-state index < -0.39 is 86.7 Å². The summed E-state index contributed by atoms with van der Waals surface area (Å²) in [6, 6.07) is 4.67. The zero-order valence-corrected chi connectivity index (χ0v) is 42.3. The van der Waals surface area contributed by atoms with Gasteiger partial charge in [0.1, 0.15) is 22.5 Å². The van der Waals surface area contributed by atoms with Crippen molar-refractivity contribution in [2.24, 2.45) is 10.2 Å². The Hall–Kier alpha value is -0.760. The van der Waals surface area contributed by atoms with E-state index in [1.54, 1.807) is 0 Å². The number of nitrogens with one attached hydrogen (secondary N) is 2. The van der Waals surface area contributed by atoms with Crippen molar-refractivity contribution in [1.82, 2.24) is 15.0 Å². The van der Waals surface area contributed by atoms with Gasteiger partial charge >= 0.3 is 148 Å². The van der Waals surface area contributed by atoms with Crippen LogP contribution in [0.15, 0.2) is 62.5 Å². The number of carbonyl (C=O) groups excluding carboxylic acids is 3. The van der Waals surface area contributed by atoms with Crippen LogP contribution in [0.25, 0.3) is 10.8 Å². The molecule has 1 aromatic heterocycles. The molecule has 0 amide bonds. The summed E-state index contributed by atoms with van der Waals surface area (Å²) in [7, 11) is -5.23. The third-order valence-electron chi connectivity index (χ3n) is 6.70. The number of benzene rings is 3. The summed E-state index contributed by atoms with van der Waals surface area (Å²) in [4.78, 5) is 45.8. The number of aromatic nitrogens is 3. The minimum Gasteiger partial charge on any atom is -0.744 e. The molecule has 0 aliphatic heterocycles. The first-order valence-corrected chi connectivity index (χ1v) is 15.9. The Morgan fingerprint density at radius 3 is 2.14 bits per heavy atom. The van der Waals surface area contributed by atoms with E-state index in [9.17, 15) is 58.1 Å². The zero-order chi connectivity index (χ0) is 37.6. The van der Waals surface area contributed by atoms with E-state index in [1.165, 1.54) is 18.2 Å². The molecule has 0 aliphatic rings. The molecule has 4 N–H and O–H groups in total. The second kappa shape index (κ2) is 25.8. The van der Waals surface area contributed by atoms with E-state index in [-0.39, 0.29) is 187 Å². The van der Waals surface area contributed by atoms with Gasteiger partial charge in [0.15, 0.2) is 5.75 Å². The standard InChI is InChI=1S/C27H26N8O14S2.5Na/c1-11(22(38)39)28-25-30-26(32-27(31-25)35(10-36)12(2)23(40)41)29-17-9-16(51(45,46)47)7-14-8-18(50-49-48-44)20(21(37)19(14)17)34-33-15-5-3-4-13(6-15)24(42)43;;;;;/h3-9,11-12,36-37,44H,10H2,1-2H3,(H,38,39)(H,40,41)(H,42,43)(H,45,46,47)(H2,28,29,30,31,32);;;;;/q;5*+1/p-5. The summed E-state index contributed by atoms with van der Waals surface area (Å²) in [5.74, 6) is -7.28. The van der Waals surface area contributed by atoms with Crippen LogP contribution in [0.1, 0.15) is 24.2 Å². The molecule has 4 aromatic rings. The molecule has 270 valence electrons. The molecule has 3 aromatic carbocycles. The minimum absolute atomic E-state index is 0. The average molecular weight is 861 g/mol. The van der Waals surface area contributed by atoms with Gasteiger partial charge < -0.3 is 65.3 Å². The van der Waals surface area contributed by atoms with Crippen molar-refractivity contribution in [2.45, 2.75) is 35.7 Å². The van der Waals surface area contributed by atoms with Gasteiger partial charge in [0.2, 0.25) is 17.8 Å². The number of fused-ring (bicyclic) bond motifs is 1. The second-order valence-corrected chi connectivity index (χ2v) is 12.2. The van der Waals surface area contributed by atoms with Gasteiger partial charge in [-0.05, 0) is 55.1 Å². The predicted octanol–water partition coefficient (Wildman–Crippen LogP) is -17.1. The summed E-state index contributed by atoms with van der Waals surface area (Å²) in [6.07, 6.45) is 0. The van der Waals surface area contributed by atoms with Crippen molar-refractivity contribution >= 4 is 85.7 Å². The smallest absolute Gasteiger partial charge is 0.744 e. The number of aromatic hydroxyl groups is 1. The largest absolute Gasteiger partial charge is 1.00 e. The first-order chi connectivity index (χ1) is 24.0. The Morgan fingerprint density at radius 1 is 0.946 bits per heavy atom. The van der Waals surface area contributed by atoms with Crippen molar-refractivity contribution in [1.29, 1.82) is 0 Å². The number of hydrogen-bond donors (Lipinski definition) is 4. The molecule has 2 atom stereocenters. The maximum atomic E-state index is 12.2. The van der Waals surface area contributed by atoms with Crippen LogP contribution in [-0.4, -0.2) is 74.9 Å². The molecule has 56 heavy (non-hydrogen) atoms. The van der Waals surface area contributed by atoms with Crippen molar-refractivity contribution in [3.05, 3.63) is 48.0 Å². The van der Waals surface area contributed by atoms with Gasteiger partial charge in [-0.25, -0.2) is 8.42 Å². The molecule has 29 heteroatoms. The fourth-order valence-corrected chi connectivity index (χ4v) is 5.22. The Balaban J connectivity index is 0. The van der Waals surface area contributed by atoms with Gasteiger partial charge in [0.05, 0.1) is 63.2 Å². The number of carboxylic acids is 3.